The molecule has 8 heteroatoms. The minimum atomic E-state index is -0.540. The smallest absolute Gasteiger partial charge is 0.278 e. The van der Waals surface area contributed by atoms with Crippen LogP contribution in [0.1, 0.15) is 58.9 Å². The summed E-state index contributed by atoms with van der Waals surface area (Å²) in [5, 5.41) is 13.0. The summed E-state index contributed by atoms with van der Waals surface area (Å²) in [5.74, 6) is 0.896. The molecule has 7 rings (SSSR count). The zero-order valence-corrected chi connectivity index (χ0v) is 20.0. The lowest BCUT2D eigenvalue weighted by atomic mass is 9.93. The number of aromatic nitrogens is 1. The van der Waals surface area contributed by atoms with Gasteiger partial charge in [0.25, 0.3) is 5.91 Å². The Labute approximate surface area is 206 Å². The van der Waals surface area contributed by atoms with E-state index in [4.69, 9.17) is 4.74 Å². The molecule has 1 saturated carbocycles. The van der Waals surface area contributed by atoms with E-state index in [1.807, 2.05) is 29.2 Å². The van der Waals surface area contributed by atoms with Gasteiger partial charge in [-0.1, -0.05) is 30.3 Å². The van der Waals surface area contributed by atoms with Crippen molar-refractivity contribution in [1.82, 2.24) is 9.58 Å². The van der Waals surface area contributed by atoms with Gasteiger partial charge in [0.2, 0.25) is 5.43 Å². The molecule has 2 aromatic carbocycles. The molecule has 3 aliphatic heterocycles. The fourth-order valence-electron chi connectivity index (χ4n) is 5.90. The van der Waals surface area contributed by atoms with Crippen LogP contribution in [0.3, 0.4) is 0 Å². The van der Waals surface area contributed by atoms with E-state index in [0.29, 0.717) is 13.3 Å². The number of thioether (sulfide) groups is 1. The number of hydrogen-bond acceptors (Lipinski definition) is 6. The third kappa shape index (κ3) is 3.05. The molecule has 1 amide bonds. The first-order valence-electron chi connectivity index (χ1n) is 12.1. The van der Waals surface area contributed by atoms with Gasteiger partial charge in [0.15, 0.2) is 11.4 Å². The second-order valence-corrected chi connectivity index (χ2v) is 10.8. The molecule has 0 saturated heterocycles. The van der Waals surface area contributed by atoms with Crippen molar-refractivity contribution in [3.8, 4) is 11.5 Å². The molecule has 3 aromatic rings. The molecule has 1 atom stereocenters. The molecule has 1 N–H and O–H groups in total. The summed E-state index contributed by atoms with van der Waals surface area (Å²) in [4.78, 5) is 29.3. The summed E-state index contributed by atoms with van der Waals surface area (Å²) >= 11 is 1.80. The normalized spacial score (nSPS) is 21.7. The number of aromatic hydroxyl groups is 1. The second-order valence-electron chi connectivity index (χ2n) is 9.77. The Morgan fingerprint density at radius 3 is 2.74 bits per heavy atom. The molecular weight excluding hydrogens is 462 g/mol. The van der Waals surface area contributed by atoms with Crippen molar-refractivity contribution >= 4 is 17.7 Å². The number of benzene rings is 2. The molecule has 0 unspecified atom stereocenters. The largest absolute Gasteiger partial charge is 0.502 e. The van der Waals surface area contributed by atoms with E-state index >= 15 is 0 Å². The molecule has 7 nitrogen and oxygen atoms in total. The van der Waals surface area contributed by atoms with E-state index in [0.717, 1.165) is 48.3 Å². The van der Waals surface area contributed by atoms with E-state index in [9.17, 15) is 14.7 Å². The Balaban J connectivity index is 1.55. The molecule has 4 aliphatic rings. The van der Waals surface area contributed by atoms with Gasteiger partial charge in [0, 0.05) is 34.0 Å². The SMILES string of the molecule is O=C1c2c(O)c(=O)ccn2N2CN1C1(CCCOc3cccc4c3[C@H]2c2ccccc2SC4)CC1. The summed E-state index contributed by atoms with van der Waals surface area (Å²) < 4.78 is 8.11. The van der Waals surface area contributed by atoms with Gasteiger partial charge in [-0.3, -0.25) is 19.3 Å². The first-order valence-corrected chi connectivity index (χ1v) is 13.1. The van der Waals surface area contributed by atoms with E-state index in [-0.39, 0.29) is 23.2 Å². The average Bonchev–Trinajstić information content (AvgIpc) is 3.67. The van der Waals surface area contributed by atoms with Gasteiger partial charge in [0.1, 0.15) is 18.5 Å². The summed E-state index contributed by atoms with van der Waals surface area (Å²) in [6.07, 6.45) is 5.11. The van der Waals surface area contributed by atoms with Crippen LogP contribution in [0.5, 0.6) is 11.5 Å². The molecule has 0 radical (unpaired) electrons. The fraction of sp³-hybridized carbons (Fsp3) is 0.333. The van der Waals surface area contributed by atoms with Crippen molar-refractivity contribution in [3.05, 3.63) is 87.3 Å². The van der Waals surface area contributed by atoms with Crippen molar-refractivity contribution in [1.29, 1.82) is 0 Å². The van der Waals surface area contributed by atoms with E-state index < -0.39 is 11.2 Å². The van der Waals surface area contributed by atoms with Gasteiger partial charge in [-0.25, -0.2) is 0 Å². The highest BCUT2D eigenvalue weighted by Crippen LogP contribution is 2.51. The maximum atomic E-state index is 13.8. The van der Waals surface area contributed by atoms with Gasteiger partial charge >= 0.3 is 0 Å². The lowest BCUT2D eigenvalue weighted by molar-refractivity contribution is 0.0536. The van der Waals surface area contributed by atoms with Gasteiger partial charge in [-0.05, 0) is 48.9 Å². The van der Waals surface area contributed by atoms with Crippen LogP contribution in [0, 0.1) is 0 Å². The molecule has 1 spiro atoms. The van der Waals surface area contributed by atoms with Crippen LogP contribution in [-0.4, -0.2) is 39.4 Å². The van der Waals surface area contributed by atoms with Gasteiger partial charge in [0.05, 0.1) is 6.61 Å². The Kier molecular flexibility index (Phi) is 4.52. The molecule has 1 aliphatic carbocycles. The third-order valence-electron chi connectivity index (χ3n) is 7.83. The maximum Gasteiger partial charge on any atom is 0.278 e. The Morgan fingerprint density at radius 2 is 1.89 bits per heavy atom. The highest BCUT2D eigenvalue weighted by molar-refractivity contribution is 7.98. The number of pyridine rings is 1. The lowest BCUT2D eigenvalue weighted by Gasteiger charge is -2.46. The van der Waals surface area contributed by atoms with Crippen LogP contribution in [0.4, 0.5) is 0 Å². The zero-order valence-electron chi connectivity index (χ0n) is 19.1. The van der Waals surface area contributed by atoms with Crippen LogP contribution < -0.4 is 15.2 Å². The Bertz CT molecular complexity index is 1430. The first kappa shape index (κ1) is 20.9. The van der Waals surface area contributed by atoms with Crippen molar-refractivity contribution in [2.75, 3.05) is 18.3 Å². The molecule has 35 heavy (non-hydrogen) atoms. The quantitative estimate of drug-likeness (QED) is 0.517. The molecule has 178 valence electrons. The van der Waals surface area contributed by atoms with Crippen LogP contribution in [-0.2, 0) is 5.75 Å². The number of nitrogens with zero attached hydrogens (tertiary/aromatic N) is 3. The predicted octanol–water partition coefficient (Wildman–Crippen LogP) is 4.01. The number of amides is 1. The highest BCUT2D eigenvalue weighted by atomic mass is 32.2. The predicted molar refractivity (Wildman–Crippen MR) is 133 cm³/mol. The van der Waals surface area contributed by atoms with Crippen molar-refractivity contribution in [3.63, 3.8) is 0 Å². The zero-order chi connectivity index (χ0) is 23.7. The minimum absolute atomic E-state index is 0.0450. The molecular formula is C27H25N3O4S. The molecule has 4 heterocycles. The molecule has 1 aromatic heterocycles. The maximum absolute atomic E-state index is 13.8. The second kappa shape index (κ2) is 7.55. The summed E-state index contributed by atoms with van der Waals surface area (Å²) in [6.45, 7) is 0.948. The van der Waals surface area contributed by atoms with Crippen LogP contribution >= 0.6 is 11.8 Å². The van der Waals surface area contributed by atoms with Gasteiger partial charge < -0.3 is 14.7 Å². The number of fused-ring (bicyclic) bond motifs is 8. The van der Waals surface area contributed by atoms with Crippen LogP contribution in [0.15, 0.2) is 64.4 Å². The standard InChI is InChI=1S/C27H25N3O4S/c31-19-9-13-29-24(25(19)32)26(33)28-16-30(29)23-18-6-1-2-8-21(18)35-15-17-5-3-7-20(22(17)23)34-14-4-10-27(28)11-12-27/h1-3,5-9,13,23,32H,4,10-12,14-16H2/t23-/m1/s1. The van der Waals surface area contributed by atoms with Crippen LogP contribution in [0.2, 0.25) is 0 Å². The number of carbonyl (C=O) groups excluding carboxylic acids is 1. The Morgan fingerprint density at radius 1 is 1.03 bits per heavy atom. The number of hydrogen-bond donors (Lipinski definition) is 1. The average molecular weight is 488 g/mol. The molecule has 1 fully saturated rings. The van der Waals surface area contributed by atoms with E-state index in [2.05, 4.69) is 23.2 Å². The fourth-order valence-corrected chi connectivity index (χ4v) is 6.98. The van der Waals surface area contributed by atoms with Gasteiger partial charge in [-0.2, -0.15) is 0 Å². The monoisotopic (exact) mass is 487 g/mol. The number of ether oxygens (including phenoxy) is 1. The lowest BCUT2D eigenvalue weighted by Crippen LogP contribution is -2.59. The number of carbonyl (C=O) groups is 1. The van der Waals surface area contributed by atoms with Crippen LogP contribution in [0.25, 0.3) is 0 Å². The van der Waals surface area contributed by atoms with Gasteiger partial charge in [-0.15, -0.1) is 11.8 Å². The number of rotatable bonds is 0. The van der Waals surface area contributed by atoms with Crippen molar-refractivity contribution in [2.24, 2.45) is 0 Å². The summed E-state index contributed by atoms with van der Waals surface area (Å²) in [5.41, 5.74) is 2.63. The van der Waals surface area contributed by atoms with E-state index in [1.165, 1.54) is 16.5 Å². The third-order valence-corrected chi connectivity index (χ3v) is 8.97. The Hall–Kier alpha value is -3.39. The van der Waals surface area contributed by atoms with E-state index in [1.54, 1.807) is 22.6 Å². The minimum Gasteiger partial charge on any atom is -0.502 e. The van der Waals surface area contributed by atoms with Crippen molar-refractivity contribution in [2.45, 2.75) is 47.9 Å². The summed E-state index contributed by atoms with van der Waals surface area (Å²) in [6, 6.07) is 15.7. The summed E-state index contributed by atoms with van der Waals surface area (Å²) in [7, 11) is 0. The van der Waals surface area contributed by atoms with Crippen molar-refractivity contribution < 1.29 is 14.6 Å². The first-order chi connectivity index (χ1) is 17.1. The molecule has 2 bridgehead atoms. The topological polar surface area (TPSA) is 75.0 Å². The highest BCUT2D eigenvalue weighted by Gasteiger charge is 2.53.